The fraction of sp³-hybridized carbons (Fsp3) is 0.455. The number of hydrogen-bond acceptors (Lipinski definition) is 6. The van der Waals surface area contributed by atoms with Crippen LogP contribution in [0.3, 0.4) is 0 Å². The first kappa shape index (κ1) is 26.4. The van der Waals surface area contributed by atoms with Gasteiger partial charge in [-0.25, -0.2) is 0 Å². The lowest BCUT2D eigenvalue weighted by Crippen LogP contribution is -2.43. The van der Waals surface area contributed by atoms with Gasteiger partial charge >= 0.3 is 0 Å². The lowest BCUT2D eigenvalue weighted by atomic mass is 10.2. The van der Waals surface area contributed by atoms with Gasteiger partial charge in [-0.05, 0) is 30.5 Å². The Morgan fingerprint density at radius 3 is 2.59 bits per heavy atom. The maximum absolute atomic E-state index is 12.2. The van der Waals surface area contributed by atoms with Crippen molar-refractivity contribution in [3.05, 3.63) is 52.2 Å². The van der Waals surface area contributed by atoms with Crippen LogP contribution in [0.15, 0.2) is 46.8 Å². The van der Waals surface area contributed by atoms with E-state index in [-0.39, 0.29) is 47.2 Å². The highest BCUT2D eigenvalue weighted by molar-refractivity contribution is 14.0. The molecule has 2 aromatic rings. The number of phenolic OH excluding ortho intramolecular Hbond substituents is 1. The number of carbonyl (C=O) groups is 1. The van der Waals surface area contributed by atoms with Crippen LogP contribution in [0.1, 0.15) is 28.2 Å². The van der Waals surface area contributed by atoms with Gasteiger partial charge in [-0.3, -0.25) is 14.7 Å². The van der Waals surface area contributed by atoms with Crippen molar-refractivity contribution in [1.82, 2.24) is 20.9 Å². The number of halogens is 1. The number of aromatic hydroxyl groups is 1. The van der Waals surface area contributed by atoms with Gasteiger partial charge < -0.3 is 25.8 Å². The number of phenols is 1. The predicted molar refractivity (Wildman–Crippen MR) is 139 cm³/mol. The van der Waals surface area contributed by atoms with E-state index in [1.54, 1.807) is 29.5 Å². The molecule has 0 aliphatic carbocycles. The van der Waals surface area contributed by atoms with E-state index in [1.807, 2.05) is 6.92 Å². The summed E-state index contributed by atoms with van der Waals surface area (Å²) in [5.74, 6) is 0.395. The second kappa shape index (κ2) is 14.3. The molecular weight excluding hydrogens is 541 g/mol. The van der Waals surface area contributed by atoms with Crippen molar-refractivity contribution in [3.8, 4) is 5.75 Å². The molecule has 176 valence electrons. The number of morpholine rings is 1. The fourth-order valence-corrected chi connectivity index (χ4v) is 4.24. The van der Waals surface area contributed by atoms with Gasteiger partial charge in [-0.2, -0.15) is 0 Å². The molecule has 1 saturated heterocycles. The van der Waals surface area contributed by atoms with Crippen molar-refractivity contribution < 1.29 is 14.6 Å². The fourth-order valence-electron chi connectivity index (χ4n) is 3.39. The molecule has 1 amide bonds. The highest BCUT2D eigenvalue weighted by Gasteiger charge is 2.23. The Morgan fingerprint density at radius 2 is 1.91 bits per heavy atom. The number of nitrogens with zero attached hydrogens (tertiary/aromatic N) is 2. The van der Waals surface area contributed by atoms with Crippen molar-refractivity contribution in [2.75, 3.05) is 52.5 Å². The molecule has 1 aliphatic rings. The molecule has 3 rings (SSSR count). The largest absolute Gasteiger partial charge is 0.507 e. The number of rotatable bonds is 9. The second-order valence-corrected chi connectivity index (χ2v) is 8.08. The van der Waals surface area contributed by atoms with Gasteiger partial charge in [0, 0.05) is 37.6 Å². The topological polar surface area (TPSA) is 98.2 Å². The number of ether oxygens (including phenoxy) is 1. The smallest absolute Gasteiger partial charge is 0.255 e. The second-order valence-electron chi connectivity index (χ2n) is 7.10. The highest BCUT2D eigenvalue weighted by atomic mass is 127. The number of thiophene rings is 1. The summed E-state index contributed by atoms with van der Waals surface area (Å²) < 4.78 is 5.51. The van der Waals surface area contributed by atoms with Gasteiger partial charge in [0.1, 0.15) is 5.75 Å². The van der Waals surface area contributed by atoms with Crippen molar-refractivity contribution in [2.24, 2.45) is 4.99 Å². The predicted octanol–water partition coefficient (Wildman–Crippen LogP) is 2.43. The minimum Gasteiger partial charge on any atom is -0.507 e. The molecule has 8 nitrogen and oxygen atoms in total. The van der Waals surface area contributed by atoms with Gasteiger partial charge in [0.25, 0.3) is 5.91 Å². The maximum Gasteiger partial charge on any atom is 0.255 e. The summed E-state index contributed by atoms with van der Waals surface area (Å²) >= 11 is 1.75. The molecule has 1 aromatic carbocycles. The van der Waals surface area contributed by atoms with Crippen molar-refractivity contribution in [1.29, 1.82) is 0 Å². The zero-order valence-corrected chi connectivity index (χ0v) is 21.4. The van der Waals surface area contributed by atoms with E-state index < -0.39 is 0 Å². The Hall–Kier alpha value is -1.89. The number of hydrogen-bond donors (Lipinski definition) is 4. The third-order valence-corrected chi connectivity index (χ3v) is 5.95. The van der Waals surface area contributed by atoms with Crippen molar-refractivity contribution in [2.45, 2.75) is 13.0 Å². The first-order valence-corrected chi connectivity index (χ1v) is 11.5. The summed E-state index contributed by atoms with van der Waals surface area (Å²) in [6.07, 6.45) is 0. The first-order chi connectivity index (χ1) is 15.2. The number of nitrogens with one attached hydrogen (secondary N) is 3. The number of guanidine groups is 1. The van der Waals surface area contributed by atoms with E-state index in [0.29, 0.717) is 25.6 Å². The van der Waals surface area contributed by atoms with E-state index in [9.17, 15) is 9.90 Å². The Labute approximate surface area is 210 Å². The summed E-state index contributed by atoms with van der Waals surface area (Å²) in [5, 5.41) is 21.2. The third kappa shape index (κ3) is 7.91. The first-order valence-electron chi connectivity index (χ1n) is 10.6. The minimum absolute atomic E-state index is 0. The van der Waals surface area contributed by atoms with Gasteiger partial charge in [-0.1, -0.05) is 18.2 Å². The molecule has 1 aromatic heterocycles. The van der Waals surface area contributed by atoms with Gasteiger partial charge in [-0.15, -0.1) is 35.3 Å². The Balaban J connectivity index is 0.00000363. The van der Waals surface area contributed by atoms with Crippen molar-refractivity contribution >= 4 is 47.2 Å². The minimum atomic E-state index is -0.299. The van der Waals surface area contributed by atoms with Crippen molar-refractivity contribution in [3.63, 3.8) is 0 Å². The van der Waals surface area contributed by atoms with Crippen LogP contribution in [-0.4, -0.2) is 74.4 Å². The zero-order valence-electron chi connectivity index (χ0n) is 18.3. The van der Waals surface area contributed by atoms with Crippen LogP contribution >= 0.6 is 35.3 Å². The Bertz CT molecular complexity index is 844. The third-order valence-electron chi connectivity index (χ3n) is 4.98. The molecular formula is C22H32IN5O3S. The molecule has 1 fully saturated rings. The molecule has 1 aliphatic heterocycles. The lowest BCUT2D eigenvalue weighted by molar-refractivity contribution is 0.0186. The molecule has 0 spiro atoms. The molecule has 32 heavy (non-hydrogen) atoms. The molecule has 0 saturated carbocycles. The molecule has 0 bridgehead atoms. The maximum atomic E-state index is 12.2. The quantitative estimate of drug-likeness (QED) is 0.159. The Kier molecular flexibility index (Phi) is 11.8. The average molecular weight is 574 g/mol. The van der Waals surface area contributed by atoms with E-state index >= 15 is 0 Å². The van der Waals surface area contributed by atoms with Crippen LogP contribution in [0.5, 0.6) is 5.75 Å². The SMILES string of the molecule is CCNC(=NCC(c1cccs1)N1CCOCC1)NCCNC(=O)c1ccccc1O.I. The summed E-state index contributed by atoms with van der Waals surface area (Å²) in [4.78, 5) is 20.7. The number of aliphatic imine (C=N–C) groups is 1. The average Bonchev–Trinajstić information content (AvgIpc) is 3.32. The van der Waals surface area contributed by atoms with Gasteiger partial charge in [0.15, 0.2) is 5.96 Å². The van der Waals surface area contributed by atoms with Crippen LogP contribution in [0.4, 0.5) is 0 Å². The van der Waals surface area contributed by atoms with Crippen LogP contribution in [0, 0.1) is 0 Å². The summed E-state index contributed by atoms with van der Waals surface area (Å²) in [5.41, 5.74) is 0.271. The van der Waals surface area contributed by atoms with Crippen LogP contribution in [0.25, 0.3) is 0 Å². The summed E-state index contributed by atoms with van der Waals surface area (Å²) in [6, 6.07) is 11.0. The number of amides is 1. The molecule has 1 atom stereocenters. The van der Waals surface area contributed by atoms with E-state index in [2.05, 4.69) is 38.4 Å². The van der Waals surface area contributed by atoms with E-state index in [4.69, 9.17) is 9.73 Å². The number of para-hydroxylation sites is 1. The Morgan fingerprint density at radius 1 is 1.16 bits per heavy atom. The highest BCUT2D eigenvalue weighted by Crippen LogP contribution is 2.26. The van der Waals surface area contributed by atoms with Gasteiger partial charge in [0.2, 0.25) is 0 Å². The monoisotopic (exact) mass is 573 g/mol. The summed E-state index contributed by atoms with van der Waals surface area (Å²) in [6.45, 7) is 7.65. The normalized spacial score (nSPS) is 15.5. The molecule has 4 N–H and O–H groups in total. The van der Waals surface area contributed by atoms with Crippen LogP contribution in [0.2, 0.25) is 0 Å². The zero-order chi connectivity index (χ0) is 21.9. The summed E-state index contributed by atoms with van der Waals surface area (Å²) in [7, 11) is 0. The molecule has 10 heteroatoms. The molecule has 2 heterocycles. The standard InChI is InChI=1S/C22H31N5O3S.HI/c1-2-23-22(25-10-9-24-21(29)17-6-3-4-7-19(17)28)26-16-18(20-8-5-15-31-20)27-11-13-30-14-12-27;/h3-8,15,18,28H,2,9-14,16H2,1H3,(H,24,29)(H2,23,25,26);1H. The van der Waals surface area contributed by atoms with Gasteiger partial charge in [0.05, 0.1) is 31.4 Å². The van der Waals surface area contributed by atoms with Crippen LogP contribution in [-0.2, 0) is 4.74 Å². The molecule has 0 radical (unpaired) electrons. The molecule has 1 unspecified atom stereocenters. The number of carbonyl (C=O) groups excluding carboxylic acids is 1. The van der Waals surface area contributed by atoms with E-state index in [0.717, 1.165) is 32.8 Å². The lowest BCUT2D eigenvalue weighted by Gasteiger charge is -2.33. The van der Waals surface area contributed by atoms with E-state index in [1.165, 1.54) is 10.9 Å². The van der Waals surface area contributed by atoms with Crippen LogP contribution < -0.4 is 16.0 Å². The number of benzene rings is 1.